The summed E-state index contributed by atoms with van der Waals surface area (Å²) in [5.41, 5.74) is 0. The first-order chi connectivity index (χ1) is 14.4. The molecule has 0 heterocycles. The van der Waals surface area contributed by atoms with Crippen LogP contribution in [0.25, 0.3) is 0 Å². The Morgan fingerprint density at radius 1 is 0.533 bits per heavy atom. The SMILES string of the molecule is CSc1cc(Sc2ccc(OC(C)C)cc2)cc(Sc2ccc(OC(C)C)cc2)c1. The summed E-state index contributed by atoms with van der Waals surface area (Å²) >= 11 is 5.32. The Morgan fingerprint density at radius 2 is 0.900 bits per heavy atom. The summed E-state index contributed by atoms with van der Waals surface area (Å²) in [6.45, 7) is 8.17. The Labute approximate surface area is 193 Å². The summed E-state index contributed by atoms with van der Waals surface area (Å²) in [4.78, 5) is 6.15. The van der Waals surface area contributed by atoms with Crippen LogP contribution in [-0.4, -0.2) is 18.5 Å². The number of hydrogen-bond acceptors (Lipinski definition) is 5. The van der Waals surface area contributed by atoms with E-state index in [1.165, 1.54) is 24.5 Å². The van der Waals surface area contributed by atoms with Gasteiger partial charge in [-0.15, -0.1) is 11.8 Å². The predicted octanol–water partition coefficient (Wildman–Crippen LogP) is 8.29. The first-order valence-corrected chi connectivity index (χ1v) is 12.9. The van der Waals surface area contributed by atoms with Gasteiger partial charge in [-0.1, -0.05) is 23.5 Å². The molecule has 0 radical (unpaired) electrons. The molecule has 0 saturated carbocycles. The summed E-state index contributed by atoms with van der Waals surface area (Å²) in [6.07, 6.45) is 2.49. The van der Waals surface area contributed by atoms with Crippen molar-refractivity contribution >= 4 is 35.3 Å². The maximum Gasteiger partial charge on any atom is 0.119 e. The van der Waals surface area contributed by atoms with Gasteiger partial charge < -0.3 is 9.47 Å². The van der Waals surface area contributed by atoms with Gasteiger partial charge in [0.15, 0.2) is 0 Å². The highest BCUT2D eigenvalue weighted by Crippen LogP contribution is 2.37. The van der Waals surface area contributed by atoms with E-state index in [0.29, 0.717) is 0 Å². The van der Waals surface area contributed by atoms with E-state index in [2.05, 4.69) is 48.7 Å². The molecule has 30 heavy (non-hydrogen) atoms. The predicted molar refractivity (Wildman–Crippen MR) is 131 cm³/mol. The molecule has 0 aromatic heterocycles. The van der Waals surface area contributed by atoms with E-state index in [1.807, 2.05) is 52.0 Å². The zero-order valence-corrected chi connectivity index (χ0v) is 20.5. The van der Waals surface area contributed by atoms with Crippen molar-refractivity contribution in [1.82, 2.24) is 0 Å². The fourth-order valence-corrected chi connectivity index (χ4v) is 5.32. The van der Waals surface area contributed by atoms with E-state index in [4.69, 9.17) is 9.47 Å². The molecule has 0 aliphatic rings. The number of benzene rings is 3. The van der Waals surface area contributed by atoms with Gasteiger partial charge >= 0.3 is 0 Å². The van der Waals surface area contributed by atoms with Crippen molar-refractivity contribution in [2.45, 2.75) is 64.4 Å². The van der Waals surface area contributed by atoms with Gasteiger partial charge in [-0.3, -0.25) is 0 Å². The molecule has 2 nitrogen and oxygen atoms in total. The molecule has 0 fully saturated rings. The van der Waals surface area contributed by atoms with Crippen LogP contribution in [0.5, 0.6) is 11.5 Å². The lowest BCUT2D eigenvalue weighted by Crippen LogP contribution is -2.04. The summed E-state index contributed by atoms with van der Waals surface area (Å²) < 4.78 is 11.5. The Balaban J connectivity index is 1.73. The lowest BCUT2D eigenvalue weighted by molar-refractivity contribution is 0.242. The third-order valence-corrected chi connectivity index (χ3v) is 6.62. The highest BCUT2D eigenvalue weighted by Gasteiger charge is 2.07. The number of hydrogen-bond donors (Lipinski definition) is 0. The van der Waals surface area contributed by atoms with Crippen molar-refractivity contribution in [3.05, 3.63) is 66.7 Å². The largest absolute Gasteiger partial charge is 0.491 e. The molecular weight excluding hydrogens is 428 g/mol. The Morgan fingerprint density at radius 3 is 1.23 bits per heavy atom. The summed E-state index contributed by atoms with van der Waals surface area (Å²) in [7, 11) is 0. The van der Waals surface area contributed by atoms with Gasteiger partial charge in [0.2, 0.25) is 0 Å². The van der Waals surface area contributed by atoms with Crippen LogP contribution in [0, 0.1) is 0 Å². The molecule has 0 aliphatic carbocycles. The molecule has 0 N–H and O–H groups in total. The van der Waals surface area contributed by atoms with Crippen LogP contribution in [-0.2, 0) is 0 Å². The topological polar surface area (TPSA) is 18.5 Å². The van der Waals surface area contributed by atoms with Crippen molar-refractivity contribution in [2.75, 3.05) is 6.26 Å². The molecule has 0 amide bonds. The van der Waals surface area contributed by atoms with Crippen LogP contribution in [0.4, 0.5) is 0 Å². The monoisotopic (exact) mass is 456 g/mol. The first kappa shape index (κ1) is 23.0. The summed E-state index contributed by atoms with van der Waals surface area (Å²) in [5.74, 6) is 1.82. The molecular formula is C25H28O2S3. The molecule has 3 aromatic carbocycles. The molecule has 158 valence electrons. The van der Waals surface area contributed by atoms with Crippen LogP contribution in [0.3, 0.4) is 0 Å². The fourth-order valence-electron chi connectivity index (χ4n) is 2.77. The van der Waals surface area contributed by atoms with Crippen LogP contribution in [0.2, 0.25) is 0 Å². The van der Waals surface area contributed by atoms with E-state index in [0.717, 1.165) is 11.5 Å². The summed E-state index contributed by atoms with van der Waals surface area (Å²) in [6, 6.07) is 23.4. The van der Waals surface area contributed by atoms with Gasteiger partial charge in [0.1, 0.15) is 11.5 Å². The van der Waals surface area contributed by atoms with Crippen molar-refractivity contribution in [1.29, 1.82) is 0 Å². The van der Waals surface area contributed by atoms with E-state index >= 15 is 0 Å². The standard InChI is InChI=1S/C25H28O2S3/c1-17(2)26-19-6-10-21(11-7-19)29-24-14-23(28-5)15-25(16-24)30-22-12-8-20(9-13-22)27-18(3)4/h6-18H,1-5H3. The highest BCUT2D eigenvalue weighted by atomic mass is 32.2. The maximum atomic E-state index is 5.75. The summed E-state index contributed by atoms with van der Waals surface area (Å²) in [5, 5.41) is 0. The lowest BCUT2D eigenvalue weighted by Gasteiger charge is -2.12. The minimum atomic E-state index is 0.187. The molecule has 5 heteroatoms. The van der Waals surface area contributed by atoms with Crippen molar-refractivity contribution in [3.63, 3.8) is 0 Å². The third-order valence-electron chi connectivity index (χ3n) is 3.95. The van der Waals surface area contributed by atoms with Gasteiger partial charge in [-0.05, 0) is 101 Å². The van der Waals surface area contributed by atoms with E-state index < -0.39 is 0 Å². The van der Waals surface area contributed by atoms with Gasteiger partial charge in [0, 0.05) is 24.5 Å². The van der Waals surface area contributed by atoms with Gasteiger partial charge in [0.25, 0.3) is 0 Å². The zero-order chi connectivity index (χ0) is 21.5. The third kappa shape index (κ3) is 7.22. The Hall–Kier alpha value is -1.69. The van der Waals surface area contributed by atoms with Gasteiger partial charge in [-0.2, -0.15) is 0 Å². The van der Waals surface area contributed by atoms with Crippen LogP contribution in [0.1, 0.15) is 27.7 Å². The van der Waals surface area contributed by atoms with E-state index in [1.54, 1.807) is 35.3 Å². The smallest absolute Gasteiger partial charge is 0.119 e. The van der Waals surface area contributed by atoms with Crippen LogP contribution < -0.4 is 9.47 Å². The van der Waals surface area contributed by atoms with Gasteiger partial charge in [0.05, 0.1) is 12.2 Å². The average Bonchev–Trinajstić information content (AvgIpc) is 2.70. The molecule has 3 aromatic rings. The number of thioether (sulfide) groups is 1. The van der Waals surface area contributed by atoms with Crippen molar-refractivity contribution in [3.8, 4) is 11.5 Å². The molecule has 0 unspecified atom stereocenters. The second kappa shape index (κ2) is 11.1. The molecule has 0 atom stereocenters. The zero-order valence-electron chi connectivity index (χ0n) is 18.0. The van der Waals surface area contributed by atoms with E-state index in [9.17, 15) is 0 Å². The number of ether oxygens (including phenoxy) is 2. The minimum Gasteiger partial charge on any atom is -0.491 e. The minimum absolute atomic E-state index is 0.187. The normalized spacial score (nSPS) is 11.2. The lowest BCUT2D eigenvalue weighted by atomic mass is 10.3. The van der Waals surface area contributed by atoms with Crippen molar-refractivity contribution in [2.24, 2.45) is 0 Å². The fraction of sp³-hybridized carbons (Fsp3) is 0.280. The molecule has 0 spiro atoms. The van der Waals surface area contributed by atoms with Gasteiger partial charge in [-0.25, -0.2) is 0 Å². The Bertz CT molecular complexity index is 862. The van der Waals surface area contributed by atoms with E-state index in [-0.39, 0.29) is 12.2 Å². The molecule has 0 aliphatic heterocycles. The Kier molecular flexibility index (Phi) is 8.49. The number of rotatable bonds is 9. The molecule has 0 bridgehead atoms. The molecule has 0 saturated heterocycles. The maximum absolute atomic E-state index is 5.75. The highest BCUT2D eigenvalue weighted by molar-refractivity contribution is 8.00. The van der Waals surface area contributed by atoms with Crippen molar-refractivity contribution < 1.29 is 9.47 Å². The van der Waals surface area contributed by atoms with Crippen LogP contribution >= 0.6 is 35.3 Å². The second-order valence-electron chi connectivity index (χ2n) is 7.32. The second-order valence-corrected chi connectivity index (χ2v) is 10.5. The quantitative estimate of drug-likeness (QED) is 0.301. The first-order valence-electron chi connectivity index (χ1n) is 9.99. The molecule has 3 rings (SSSR count). The van der Waals surface area contributed by atoms with Crippen LogP contribution in [0.15, 0.2) is 91.2 Å². The average molecular weight is 457 g/mol.